The first-order valence-electron chi connectivity index (χ1n) is 9.06. The highest BCUT2D eigenvalue weighted by Gasteiger charge is 2.54. The average Bonchev–Trinajstić information content (AvgIpc) is 3.38. The van der Waals surface area contributed by atoms with Crippen molar-refractivity contribution in [3.8, 4) is 0 Å². The summed E-state index contributed by atoms with van der Waals surface area (Å²) in [5.41, 5.74) is 0.877. The predicted molar refractivity (Wildman–Crippen MR) is 112 cm³/mol. The molecule has 2 aliphatic rings. The molecule has 30 heavy (non-hydrogen) atoms. The highest BCUT2D eigenvalue weighted by molar-refractivity contribution is 8.01. The molecule has 10 nitrogen and oxygen atoms in total. The quantitative estimate of drug-likeness (QED) is 0.457. The lowest BCUT2D eigenvalue weighted by Gasteiger charge is -2.49. The average molecular weight is 467 g/mol. The smallest absolute Gasteiger partial charge is 0.352 e. The summed E-state index contributed by atoms with van der Waals surface area (Å²) in [6.45, 7) is 4.39. The first-order chi connectivity index (χ1) is 14.4. The van der Waals surface area contributed by atoms with E-state index in [4.69, 9.17) is 0 Å². The van der Waals surface area contributed by atoms with Gasteiger partial charge in [-0.15, -0.1) is 22.0 Å². The van der Waals surface area contributed by atoms with Crippen molar-refractivity contribution < 1.29 is 19.5 Å². The molecular formula is C17H18N6O4S3. The summed E-state index contributed by atoms with van der Waals surface area (Å²) in [4.78, 5) is 38.3. The van der Waals surface area contributed by atoms with Gasteiger partial charge in [0, 0.05) is 24.2 Å². The van der Waals surface area contributed by atoms with Crippen LogP contribution in [0.3, 0.4) is 0 Å². The fourth-order valence-corrected chi connectivity index (χ4v) is 6.45. The number of rotatable bonds is 7. The van der Waals surface area contributed by atoms with Crippen molar-refractivity contribution in [1.82, 2.24) is 30.2 Å². The van der Waals surface area contributed by atoms with Gasteiger partial charge in [0.25, 0.3) is 11.8 Å². The van der Waals surface area contributed by atoms with Gasteiger partial charge in [-0.3, -0.25) is 19.2 Å². The third kappa shape index (κ3) is 3.84. The Morgan fingerprint density at radius 1 is 1.40 bits per heavy atom. The summed E-state index contributed by atoms with van der Waals surface area (Å²) in [5, 5.41) is 24.9. The number of amides is 2. The molecule has 0 saturated carbocycles. The Bertz CT molecular complexity index is 1050. The Kier molecular flexibility index (Phi) is 5.84. The van der Waals surface area contributed by atoms with Crippen LogP contribution in [0.4, 0.5) is 0 Å². The minimum atomic E-state index is -1.15. The molecule has 0 aromatic carbocycles. The van der Waals surface area contributed by atoms with E-state index in [1.165, 1.54) is 39.8 Å². The molecule has 0 spiro atoms. The fourth-order valence-electron chi connectivity index (χ4n) is 3.15. The van der Waals surface area contributed by atoms with Gasteiger partial charge >= 0.3 is 5.97 Å². The molecule has 2 atom stereocenters. The second-order valence-corrected chi connectivity index (χ2v) is 10.1. The van der Waals surface area contributed by atoms with E-state index < -0.39 is 29.2 Å². The van der Waals surface area contributed by atoms with Crippen molar-refractivity contribution in [2.75, 3.05) is 11.5 Å². The summed E-state index contributed by atoms with van der Waals surface area (Å²) in [7, 11) is 0. The number of aliphatic carboxylic acids is 1. The topological polar surface area (TPSA) is 130 Å². The van der Waals surface area contributed by atoms with E-state index >= 15 is 0 Å². The molecule has 1 saturated heterocycles. The van der Waals surface area contributed by atoms with Gasteiger partial charge in [-0.05, 0) is 25.5 Å². The number of nitrogens with one attached hydrogen (secondary N) is 1. The number of carboxylic acid groups (broad SMARTS) is 1. The molecule has 2 N–H and O–H groups in total. The molecule has 13 heteroatoms. The molecule has 2 aromatic heterocycles. The molecule has 4 rings (SSSR count). The maximum Gasteiger partial charge on any atom is 0.352 e. The molecule has 4 heterocycles. The zero-order valence-corrected chi connectivity index (χ0v) is 18.5. The van der Waals surface area contributed by atoms with Gasteiger partial charge in [-0.2, -0.15) is 5.10 Å². The van der Waals surface area contributed by atoms with Crippen LogP contribution in [-0.2, 0) is 16.1 Å². The third-order valence-electron chi connectivity index (χ3n) is 4.61. The lowest BCUT2D eigenvalue weighted by molar-refractivity contribution is -0.148. The zero-order chi connectivity index (χ0) is 21.4. The van der Waals surface area contributed by atoms with Crippen LogP contribution < -0.4 is 5.32 Å². The van der Waals surface area contributed by atoms with Gasteiger partial charge in [0.15, 0.2) is 4.34 Å². The predicted octanol–water partition coefficient (Wildman–Crippen LogP) is 1.21. The number of aryl methyl sites for hydroxylation is 2. The zero-order valence-electron chi connectivity index (χ0n) is 16.1. The molecule has 0 radical (unpaired) electrons. The van der Waals surface area contributed by atoms with E-state index in [0.717, 1.165) is 9.35 Å². The summed E-state index contributed by atoms with van der Waals surface area (Å²) < 4.78 is 2.37. The van der Waals surface area contributed by atoms with Crippen LogP contribution >= 0.6 is 34.9 Å². The normalized spacial score (nSPS) is 20.7. The van der Waals surface area contributed by atoms with Gasteiger partial charge in [0.05, 0.1) is 0 Å². The lowest BCUT2D eigenvalue weighted by Crippen LogP contribution is -2.70. The largest absolute Gasteiger partial charge is 0.477 e. The number of β-lactam (4-membered cyclic amide) rings is 1. The first-order valence-corrected chi connectivity index (χ1v) is 11.9. The minimum Gasteiger partial charge on any atom is -0.477 e. The van der Waals surface area contributed by atoms with Crippen LogP contribution in [0.5, 0.6) is 0 Å². The molecule has 1 fully saturated rings. The maximum absolute atomic E-state index is 12.7. The second kappa shape index (κ2) is 8.40. The summed E-state index contributed by atoms with van der Waals surface area (Å²) in [5.74, 6) is -1.16. The van der Waals surface area contributed by atoms with Crippen LogP contribution in [0, 0.1) is 6.92 Å². The van der Waals surface area contributed by atoms with Crippen molar-refractivity contribution >= 4 is 52.6 Å². The molecular weight excluding hydrogens is 448 g/mol. The summed E-state index contributed by atoms with van der Waals surface area (Å²) >= 11 is 4.28. The number of carbonyl (C=O) groups excluding carboxylic acids is 2. The number of carbonyl (C=O) groups is 3. The van der Waals surface area contributed by atoms with E-state index in [-0.39, 0.29) is 11.4 Å². The second-order valence-electron chi connectivity index (χ2n) is 6.55. The van der Waals surface area contributed by atoms with Gasteiger partial charge < -0.3 is 10.4 Å². The SMILES string of the molecule is CCn1ccc(C(=O)NC2C(=O)N3C(C(=O)O)=C(CSc4nnc(C)s4)CSC23)n1. The highest BCUT2D eigenvalue weighted by atomic mass is 32.2. The van der Waals surface area contributed by atoms with Gasteiger partial charge in [-0.25, -0.2) is 4.79 Å². The van der Waals surface area contributed by atoms with Crippen LogP contribution in [0.2, 0.25) is 0 Å². The third-order valence-corrected chi connectivity index (χ3v) is 8.01. The van der Waals surface area contributed by atoms with Crippen molar-refractivity contribution in [1.29, 1.82) is 0 Å². The first kappa shape index (κ1) is 20.9. The molecule has 0 bridgehead atoms. The van der Waals surface area contributed by atoms with E-state index in [1.54, 1.807) is 16.9 Å². The number of carboxylic acids is 1. The number of nitrogens with zero attached hydrogens (tertiary/aromatic N) is 5. The van der Waals surface area contributed by atoms with Gasteiger partial charge in [0.1, 0.15) is 27.8 Å². The van der Waals surface area contributed by atoms with Gasteiger partial charge in [0.2, 0.25) is 0 Å². The van der Waals surface area contributed by atoms with Crippen LogP contribution in [0.15, 0.2) is 27.9 Å². The molecule has 2 aliphatic heterocycles. The van der Waals surface area contributed by atoms with Crippen molar-refractivity contribution in [3.05, 3.63) is 34.2 Å². The number of hydrogen-bond donors (Lipinski definition) is 2. The van der Waals surface area contributed by atoms with E-state index in [1.807, 2.05) is 13.8 Å². The van der Waals surface area contributed by atoms with Crippen molar-refractivity contribution in [2.45, 2.75) is 36.1 Å². The van der Waals surface area contributed by atoms with E-state index in [2.05, 4.69) is 20.6 Å². The Balaban J connectivity index is 1.47. The van der Waals surface area contributed by atoms with E-state index in [9.17, 15) is 19.5 Å². The minimum absolute atomic E-state index is 0.00162. The maximum atomic E-state index is 12.7. The summed E-state index contributed by atoms with van der Waals surface area (Å²) in [6.07, 6.45) is 1.69. The van der Waals surface area contributed by atoms with Crippen LogP contribution in [-0.4, -0.2) is 70.7 Å². The monoisotopic (exact) mass is 466 g/mol. The van der Waals surface area contributed by atoms with Crippen LogP contribution in [0.1, 0.15) is 22.4 Å². The van der Waals surface area contributed by atoms with E-state index in [0.29, 0.717) is 23.6 Å². The molecule has 0 aliphatic carbocycles. The Morgan fingerprint density at radius 2 is 2.20 bits per heavy atom. The number of aromatic nitrogens is 4. The summed E-state index contributed by atoms with van der Waals surface area (Å²) in [6, 6.07) is 0.810. The van der Waals surface area contributed by atoms with Crippen molar-refractivity contribution in [2.24, 2.45) is 0 Å². The molecule has 2 aromatic rings. The van der Waals surface area contributed by atoms with Crippen molar-refractivity contribution in [3.63, 3.8) is 0 Å². The Morgan fingerprint density at radius 3 is 2.83 bits per heavy atom. The highest BCUT2D eigenvalue weighted by Crippen LogP contribution is 2.41. The van der Waals surface area contributed by atoms with Gasteiger partial charge in [-0.1, -0.05) is 23.1 Å². The Hall–Kier alpha value is -2.38. The van der Waals surface area contributed by atoms with Crippen LogP contribution in [0.25, 0.3) is 0 Å². The molecule has 158 valence electrons. The Labute approximate surface area is 184 Å². The number of thioether (sulfide) groups is 2. The number of fused-ring (bicyclic) bond motifs is 1. The molecule has 2 amide bonds. The lowest BCUT2D eigenvalue weighted by atomic mass is 10.0. The molecule has 2 unspecified atom stereocenters. The standard InChI is InChI=1S/C17H18N6O4S3/c1-3-22-5-4-10(21-22)13(24)18-11-14(25)23-12(16(26)27)9(6-28-15(11)23)7-29-17-20-19-8(2)30-17/h4-5,11,15H,3,6-7H2,1-2H3,(H,18,24)(H,26,27). The number of hydrogen-bond acceptors (Lipinski definition) is 9. The fraction of sp³-hybridized carbons (Fsp3) is 0.412.